The first-order chi connectivity index (χ1) is 8.08. The highest BCUT2D eigenvalue weighted by atomic mass is 16.5. The second kappa shape index (κ2) is 6.18. The van der Waals surface area contributed by atoms with Gasteiger partial charge in [0.05, 0.1) is 7.11 Å². The Balaban J connectivity index is 2.75. The molecule has 1 heterocycles. The molecule has 1 rings (SSSR count). The smallest absolute Gasteiger partial charge is 0.376 e. The van der Waals surface area contributed by atoms with E-state index in [0.717, 1.165) is 6.42 Å². The summed E-state index contributed by atoms with van der Waals surface area (Å²) in [5.74, 6) is 0.735. The van der Waals surface area contributed by atoms with Gasteiger partial charge in [0, 0.05) is 12.2 Å². The molecule has 1 N–H and O–H groups in total. The molecule has 0 saturated heterocycles. The Labute approximate surface area is 102 Å². The summed E-state index contributed by atoms with van der Waals surface area (Å²) in [5, 5.41) is 3.25. The van der Waals surface area contributed by atoms with E-state index in [1.54, 1.807) is 12.3 Å². The van der Waals surface area contributed by atoms with E-state index in [1.807, 2.05) is 0 Å². The summed E-state index contributed by atoms with van der Waals surface area (Å²) >= 11 is 0. The van der Waals surface area contributed by atoms with Crippen LogP contribution in [0.3, 0.4) is 0 Å². The molecule has 94 valence electrons. The van der Waals surface area contributed by atoms with E-state index < -0.39 is 5.97 Å². The van der Waals surface area contributed by atoms with Crippen LogP contribution in [0, 0.1) is 5.92 Å². The van der Waals surface area contributed by atoms with Crippen LogP contribution in [0.2, 0.25) is 0 Å². The van der Waals surface area contributed by atoms with Crippen molar-refractivity contribution < 1.29 is 9.53 Å². The van der Waals surface area contributed by atoms with Crippen molar-refractivity contribution in [2.75, 3.05) is 12.4 Å². The SMILES string of the molecule is CCC(C)C(C)Nc1ccnc(C(=O)OC)n1. The molecule has 5 heteroatoms. The third-order valence-corrected chi connectivity index (χ3v) is 2.90. The molecule has 0 radical (unpaired) electrons. The standard InChI is InChI=1S/C12H19N3O2/c1-5-8(2)9(3)14-10-6-7-13-11(15-10)12(16)17-4/h6-9H,5H2,1-4H3,(H,13,14,15). The number of esters is 1. The number of aromatic nitrogens is 2. The summed E-state index contributed by atoms with van der Waals surface area (Å²) in [6.07, 6.45) is 2.63. The Morgan fingerprint density at radius 3 is 2.82 bits per heavy atom. The van der Waals surface area contributed by atoms with Gasteiger partial charge in [-0.25, -0.2) is 14.8 Å². The first-order valence-electron chi connectivity index (χ1n) is 5.76. The summed E-state index contributed by atoms with van der Waals surface area (Å²) in [6.45, 7) is 6.40. The van der Waals surface area contributed by atoms with Gasteiger partial charge in [-0.05, 0) is 18.9 Å². The Bertz CT molecular complexity index is 382. The second-order valence-corrected chi connectivity index (χ2v) is 4.08. The van der Waals surface area contributed by atoms with Crippen LogP contribution in [-0.2, 0) is 4.74 Å². The number of hydrogen-bond donors (Lipinski definition) is 1. The average molecular weight is 237 g/mol. The molecule has 2 atom stereocenters. The van der Waals surface area contributed by atoms with Crippen molar-refractivity contribution in [3.63, 3.8) is 0 Å². The summed E-state index contributed by atoms with van der Waals surface area (Å²) in [5.41, 5.74) is 0. The zero-order valence-electron chi connectivity index (χ0n) is 10.7. The number of ether oxygens (including phenoxy) is 1. The van der Waals surface area contributed by atoms with E-state index >= 15 is 0 Å². The lowest BCUT2D eigenvalue weighted by molar-refractivity contribution is 0.0587. The maximum atomic E-state index is 11.3. The molecule has 1 aromatic rings. The molecule has 0 spiro atoms. The highest BCUT2D eigenvalue weighted by Crippen LogP contribution is 2.12. The summed E-state index contributed by atoms with van der Waals surface area (Å²) in [4.78, 5) is 19.2. The van der Waals surface area contributed by atoms with Gasteiger partial charge in [0.1, 0.15) is 5.82 Å². The Kier molecular flexibility index (Phi) is 4.87. The van der Waals surface area contributed by atoms with Crippen LogP contribution in [0.1, 0.15) is 37.8 Å². The number of nitrogens with zero attached hydrogens (tertiary/aromatic N) is 2. The van der Waals surface area contributed by atoms with Crippen LogP contribution < -0.4 is 5.32 Å². The molecule has 5 nitrogen and oxygen atoms in total. The van der Waals surface area contributed by atoms with Crippen molar-refractivity contribution in [2.24, 2.45) is 5.92 Å². The van der Waals surface area contributed by atoms with Crippen molar-refractivity contribution >= 4 is 11.8 Å². The van der Waals surface area contributed by atoms with Crippen molar-refractivity contribution in [3.05, 3.63) is 18.1 Å². The first-order valence-corrected chi connectivity index (χ1v) is 5.76. The molecule has 0 bridgehead atoms. The molecule has 0 fully saturated rings. The lowest BCUT2D eigenvalue weighted by Gasteiger charge is -2.20. The number of carbonyl (C=O) groups is 1. The minimum Gasteiger partial charge on any atom is -0.463 e. The Hall–Kier alpha value is -1.65. The molecule has 1 aromatic heterocycles. The van der Waals surface area contributed by atoms with Gasteiger partial charge >= 0.3 is 5.97 Å². The Morgan fingerprint density at radius 2 is 2.24 bits per heavy atom. The van der Waals surface area contributed by atoms with Crippen LogP contribution in [0.5, 0.6) is 0 Å². The zero-order valence-corrected chi connectivity index (χ0v) is 10.7. The Morgan fingerprint density at radius 1 is 1.53 bits per heavy atom. The predicted octanol–water partition coefficient (Wildman–Crippen LogP) is 2.11. The highest BCUT2D eigenvalue weighted by Gasteiger charge is 2.13. The van der Waals surface area contributed by atoms with Gasteiger partial charge in [-0.3, -0.25) is 0 Å². The normalized spacial score (nSPS) is 13.9. The fourth-order valence-electron chi connectivity index (χ4n) is 1.36. The molecular weight excluding hydrogens is 218 g/mol. The van der Waals surface area contributed by atoms with Gasteiger partial charge in [-0.15, -0.1) is 0 Å². The van der Waals surface area contributed by atoms with Crippen molar-refractivity contribution in [3.8, 4) is 0 Å². The largest absolute Gasteiger partial charge is 0.463 e. The molecule has 0 aromatic carbocycles. The maximum Gasteiger partial charge on any atom is 0.376 e. The quantitative estimate of drug-likeness (QED) is 0.794. The number of methoxy groups -OCH3 is 1. The minimum atomic E-state index is -0.523. The van der Waals surface area contributed by atoms with Gasteiger partial charge in [0.2, 0.25) is 5.82 Å². The summed E-state index contributed by atoms with van der Waals surface area (Å²) in [7, 11) is 1.31. The second-order valence-electron chi connectivity index (χ2n) is 4.08. The van der Waals surface area contributed by atoms with Gasteiger partial charge in [0.15, 0.2) is 0 Å². The van der Waals surface area contributed by atoms with Gasteiger partial charge < -0.3 is 10.1 Å². The van der Waals surface area contributed by atoms with Crippen LogP contribution >= 0.6 is 0 Å². The number of rotatable bonds is 5. The number of hydrogen-bond acceptors (Lipinski definition) is 5. The summed E-state index contributed by atoms with van der Waals surface area (Å²) < 4.78 is 4.57. The van der Waals surface area contributed by atoms with Gasteiger partial charge in [-0.1, -0.05) is 20.3 Å². The first kappa shape index (κ1) is 13.4. The molecule has 0 aliphatic rings. The predicted molar refractivity (Wildman–Crippen MR) is 65.9 cm³/mol. The fourth-order valence-corrected chi connectivity index (χ4v) is 1.36. The fraction of sp³-hybridized carbons (Fsp3) is 0.583. The summed E-state index contributed by atoms with van der Waals surface area (Å²) in [6, 6.07) is 2.03. The maximum absolute atomic E-state index is 11.3. The van der Waals surface area contributed by atoms with Crippen LogP contribution in [0.15, 0.2) is 12.3 Å². The average Bonchev–Trinajstić information content (AvgIpc) is 2.37. The number of nitrogens with one attached hydrogen (secondary N) is 1. The van der Waals surface area contributed by atoms with E-state index in [-0.39, 0.29) is 5.82 Å². The third-order valence-electron chi connectivity index (χ3n) is 2.90. The molecular formula is C12H19N3O2. The minimum absolute atomic E-state index is 0.0776. The van der Waals surface area contributed by atoms with E-state index in [0.29, 0.717) is 17.8 Å². The van der Waals surface area contributed by atoms with E-state index in [1.165, 1.54) is 7.11 Å². The van der Waals surface area contributed by atoms with Gasteiger partial charge in [0.25, 0.3) is 0 Å². The topological polar surface area (TPSA) is 64.1 Å². The van der Waals surface area contributed by atoms with Crippen LogP contribution in [0.4, 0.5) is 5.82 Å². The van der Waals surface area contributed by atoms with E-state index in [4.69, 9.17) is 0 Å². The van der Waals surface area contributed by atoms with Crippen molar-refractivity contribution in [2.45, 2.75) is 33.2 Å². The number of carbonyl (C=O) groups excluding carboxylic acids is 1. The molecule has 0 aliphatic carbocycles. The van der Waals surface area contributed by atoms with Gasteiger partial charge in [-0.2, -0.15) is 0 Å². The third kappa shape index (κ3) is 3.69. The molecule has 0 saturated carbocycles. The van der Waals surface area contributed by atoms with Crippen LogP contribution in [-0.4, -0.2) is 29.1 Å². The lowest BCUT2D eigenvalue weighted by atomic mass is 10.0. The molecule has 17 heavy (non-hydrogen) atoms. The monoisotopic (exact) mass is 237 g/mol. The van der Waals surface area contributed by atoms with E-state index in [2.05, 4.69) is 40.8 Å². The van der Waals surface area contributed by atoms with Crippen LogP contribution in [0.25, 0.3) is 0 Å². The van der Waals surface area contributed by atoms with Crippen molar-refractivity contribution in [1.29, 1.82) is 0 Å². The number of anilines is 1. The van der Waals surface area contributed by atoms with E-state index in [9.17, 15) is 4.79 Å². The molecule has 0 aliphatic heterocycles. The molecule has 0 amide bonds. The molecule has 2 unspecified atom stereocenters. The zero-order chi connectivity index (χ0) is 12.8. The lowest BCUT2D eigenvalue weighted by Crippen LogP contribution is -2.24. The van der Waals surface area contributed by atoms with Crippen molar-refractivity contribution in [1.82, 2.24) is 9.97 Å². The highest BCUT2D eigenvalue weighted by molar-refractivity contribution is 5.85.